The van der Waals surface area contributed by atoms with Gasteiger partial charge in [0.1, 0.15) is 11.4 Å². The van der Waals surface area contributed by atoms with Gasteiger partial charge in [-0.05, 0) is 31.4 Å². The van der Waals surface area contributed by atoms with E-state index in [1.165, 1.54) is 0 Å². The van der Waals surface area contributed by atoms with Crippen LogP contribution in [0.25, 0.3) is 0 Å². The number of hydrogen-bond acceptors (Lipinski definition) is 2. The minimum atomic E-state index is -0.827. The number of carbonyl (C=O) groups is 1. The lowest BCUT2D eigenvalue weighted by Crippen LogP contribution is -2.45. The van der Waals surface area contributed by atoms with Crippen molar-refractivity contribution in [2.24, 2.45) is 0 Å². The van der Waals surface area contributed by atoms with Gasteiger partial charge >= 0.3 is 5.97 Å². The first-order chi connectivity index (χ1) is 7.61. The summed E-state index contributed by atoms with van der Waals surface area (Å²) in [5, 5.41) is 9.38. The van der Waals surface area contributed by atoms with E-state index < -0.39 is 11.6 Å². The van der Waals surface area contributed by atoms with Crippen molar-refractivity contribution in [1.29, 1.82) is 0 Å². The summed E-state index contributed by atoms with van der Waals surface area (Å²) in [5.74, 6) is -0.253. The minimum absolute atomic E-state index is 0.0399. The standard InChI is InChI=1S/C12H13ClO3/c13-9-4-1-2-5-10(9)16-12(6-3-7-12)8-11(14)15/h1-2,4-5H,3,6-8H2,(H,14,15). The number of carboxylic acids is 1. The van der Waals surface area contributed by atoms with E-state index in [4.69, 9.17) is 21.4 Å². The minimum Gasteiger partial charge on any atom is -0.485 e. The highest BCUT2D eigenvalue weighted by molar-refractivity contribution is 6.32. The molecule has 0 saturated heterocycles. The number of aliphatic carboxylic acids is 1. The number of hydrogen-bond donors (Lipinski definition) is 1. The van der Waals surface area contributed by atoms with Crippen LogP contribution in [0.5, 0.6) is 5.75 Å². The number of halogens is 1. The van der Waals surface area contributed by atoms with Crippen molar-refractivity contribution in [3.8, 4) is 5.75 Å². The summed E-state index contributed by atoms with van der Waals surface area (Å²) in [6.07, 6.45) is 2.62. The lowest BCUT2D eigenvalue weighted by Gasteiger charge is -2.41. The molecule has 0 aromatic heterocycles. The average molecular weight is 241 g/mol. The SMILES string of the molecule is O=C(O)CC1(Oc2ccccc2Cl)CCC1. The Labute approximate surface area is 99.0 Å². The third kappa shape index (κ3) is 2.30. The second-order valence-corrected chi connectivity index (χ2v) is 4.55. The number of para-hydroxylation sites is 1. The molecule has 1 aromatic rings. The van der Waals surface area contributed by atoms with Crippen LogP contribution in [0.15, 0.2) is 24.3 Å². The van der Waals surface area contributed by atoms with Crippen molar-refractivity contribution in [1.82, 2.24) is 0 Å². The van der Waals surface area contributed by atoms with Crippen molar-refractivity contribution < 1.29 is 14.6 Å². The van der Waals surface area contributed by atoms with E-state index in [1.807, 2.05) is 12.1 Å². The van der Waals surface area contributed by atoms with Crippen LogP contribution in [0, 0.1) is 0 Å². The van der Waals surface area contributed by atoms with Crippen molar-refractivity contribution >= 4 is 17.6 Å². The van der Waals surface area contributed by atoms with E-state index >= 15 is 0 Å². The maximum atomic E-state index is 10.8. The van der Waals surface area contributed by atoms with Crippen LogP contribution in [-0.4, -0.2) is 16.7 Å². The summed E-state index contributed by atoms with van der Waals surface area (Å²) in [4.78, 5) is 10.8. The summed E-state index contributed by atoms with van der Waals surface area (Å²) in [6.45, 7) is 0. The Bertz CT molecular complexity index is 399. The summed E-state index contributed by atoms with van der Waals surface area (Å²) < 4.78 is 5.77. The summed E-state index contributed by atoms with van der Waals surface area (Å²) in [5.41, 5.74) is -0.545. The predicted octanol–water partition coefficient (Wildman–Crippen LogP) is 3.12. The Morgan fingerprint density at radius 3 is 2.62 bits per heavy atom. The van der Waals surface area contributed by atoms with Gasteiger partial charge in [-0.3, -0.25) is 4.79 Å². The van der Waals surface area contributed by atoms with Gasteiger partial charge in [-0.15, -0.1) is 0 Å². The highest BCUT2D eigenvalue weighted by Gasteiger charge is 2.41. The molecule has 0 atom stereocenters. The van der Waals surface area contributed by atoms with E-state index in [0.29, 0.717) is 10.8 Å². The summed E-state index contributed by atoms with van der Waals surface area (Å²) in [6, 6.07) is 7.16. The molecule has 0 radical (unpaired) electrons. The predicted molar refractivity (Wildman–Crippen MR) is 60.9 cm³/mol. The van der Waals surface area contributed by atoms with E-state index in [0.717, 1.165) is 19.3 Å². The molecule has 0 bridgehead atoms. The Hall–Kier alpha value is -1.22. The molecule has 1 saturated carbocycles. The van der Waals surface area contributed by atoms with Gasteiger partial charge in [0.25, 0.3) is 0 Å². The molecule has 0 aliphatic heterocycles. The first kappa shape index (κ1) is 11.3. The van der Waals surface area contributed by atoms with Crippen molar-refractivity contribution in [2.75, 3.05) is 0 Å². The maximum Gasteiger partial charge on any atom is 0.307 e. The van der Waals surface area contributed by atoms with Gasteiger partial charge in [0.2, 0.25) is 0 Å². The Balaban J connectivity index is 2.13. The van der Waals surface area contributed by atoms with Gasteiger partial charge in [-0.1, -0.05) is 23.7 Å². The van der Waals surface area contributed by atoms with Crippen LogP contribution in [0.2, 0.25) is 5.02 Å². The molecule has 0 spiro atoms. The number of carboxylic acid groups (broad SMARTS) is 1. The van der Waals surface area contributed by atoms with Gasteiger partial charge in [0.05, 0.1) is 11.4 Å². The molecule has 0 unspecified atom stereocenters. The van der Waals surface area contributed by atoms with Crippen LogP contribution in [0.3, 0.4) is 0 Å². The fourth-order valence-corrected chi connectivity index (χ4v) is 2.10. The van der Waals surface area contributed by atoms with Gasteiger partial charge in [-0.2, -0.15) is 0 Å². The largest absolute Gasteiger partial charge is 0.485 e. The molecule has 1 aromatic carbocycles. The second-order valence-electron chi connectivity index (χ2n) is 4.14. The zero-order valence-electron chi connectivity index (χ0n) is 8.78. The zero-order valence-corrected chi connectivity index (χ0v) is 9.54. The molecular weight excluding hydrogens is 228 g/mol. The lowest BCUT2D eigenvalue weighted by atomic mass is 9.77. The van der Waals surface area contributed by atoms with Crippen molar-refractivity contribution in [3.05, 3.63) is 29.3 Å². The fraction of sp³-hybridized carbons (Fsp3) is 0.417. The molecule has 4 heteroatoms. The topological polar surface area (TPSA) is 46.5 Å². The number of rotatable bonds is 4. The molecule has 1 aliphatic rings. The Morgan fingerprint density at radius 1 is 1.44 bits per heavy atom. The Morgan fingerprint density at radius 2 is 2.12 bits per heavy atom. The van der Waals surface area contributed by atoms with Gasteiger partial charge in [-0.25, -0.2) is 0 Å². The summed E-state index contributed by atoms with van der Waals surface area (Å²) >= 11 is 5.98. The lowest BCUT2D eigenvalue weighted by molar-refractivity contribution is -0.144. The van der Waals surface area contributed by atoms with E-state index in [-0.39, 0.29) is 6.42 Å². The molecule has 1 N–H and O–H groups in total. The second kappa shape index (κ2) is 4.34. The summed E-state index contributed by atoms with van der Waals surface area (Å²) in [7, 11) is 0. The van der Waals surface area contributed by atoms with E-state index in [9.17, 15) is 4.79 Å². The third-order valence-corrected chi connectivity index (χ3v) is 3.21. The van der Waals surface area contributed by atoms with Crippen LogP contribution in [-0.2, 0) is 4.79 Å². The molecule has 1 fully saturated rings. The van der Waals surface area contributed by atoms with Crippen LogP contribution in [0.1, 0.15) is 25.7 Å². The first-order valence-corrected chi connectivity index (χ1v) is 5.64. The van der Waals surface area contributed by atoms with E-state index in [2.05, 4.69) is 0 Å². The molecule has 2 rings (SSSR count). The van der Waals surface area contributed by atoms with Crippen LogP contribution >= 0.6 is 11.6 Å². The van der Waals surface area contributed by atoms with E-state index in [1.54, 1.807) is 12.1 Å². The average Bonchev–Trinajstić information content (AvgIpc) is 2.17. The number of ether oxygens (including phenoxy) is 1. The van der Waals surface area contributed by atoms with Gasteiger partial charge < -0.3 is 9.84 Å². The smallest absolute Gasteiger partial charge is 0.307 e. The Kier molecular flexibility index (Phi) is 3.06. The highest BCUT2D eigenvalue weighted by Crippen LogP contribution is 2.41. The van der Waals surface area contributed by atoms with Crippen LogP contribution < -0.4 is 4.74 Å². The zero-order chi connectivity index (χ0) is 11.6. The maximum absolute atomic E-state index is 10.8. The van der Waals surface area contributed by atoms with Gasteiger partial charge in [0.15, 0.2) is 0 Å². The normalized spacial score (nSPS) is 17.6. The monoisotopic (exact) mass is 240 g/mol. The van der Waals surface area contributed by atoms with Crippen LogP contribution in [0.4, 0.5) is 0 Å². The molecule has 3 nitrogen and oxygen atoms in total. The number of benzene rings is 1. The van der Waals surface area contributed by atoms with Crippen molar-refractivity contribution in [3.63, 3.8) is 0 Å². The molecule has 0 amide bonds. The molecule has 1 aliphatic carbocycles. The quantitative estimate of drug-likeness (QED) is 0.880. The molecule has 16 heavy (non-hydrogen) atoms. The first-order valence-electron chi connectivity index (χ1n) is 5.27. The molecule has 86 valence electrons. The van der Waals surface area contributed by atoms with Gasteiger partial charge in [0, 0.05) is 0 Å². The molecular formula is C12H13ClO3. The third-order valence-electron chi connectivity index (χ3n) is 2.90. The fourth-order valence-electron chi connectivity index (χ4n) is 1.92. The van der Waals surface area contributed by atoms with Crippen molar-refractivity contribution in [2.45, 2.75) is 31.3 Å². The highest BCUT2D eigenvalue weighted by atomic mass is 35.5. The molecule has 0 heterocycles.